The Morgan fingerprint density at radius 3 is 2.30 bits per heavy atom. The topological polar surface area (TPSA) is 60.8 Å². The maximum atomic E-state index is 11.1. The number of halogens is 1. The average molecular weight is 334 g/mol. The molecule has 0 fully saturated rings. The quantitative estimate of drug-likeness (QED) is 0.777. The maximum absolute atomic E-state index is 11.1. The summed E-state index contributed by atoms with van der Waals surface area (Å²) in [4.78, 5) is 13.2. The third-order valence-electron chi connectivity index (χ3n) is 3.51. The first-order valence-corrected chi connectivity index (χ1v) is 7.86. The van der Waals surface area contributed by atoms with E-state index in [0.717, 1.165) is 17.7 Å². The Bertz CT molecular complexity index is 660. The lowest BCUT2D eigenvalue weighted by Crippen LogP contribution is -2.24. The van der Waals surface area contributed by atoms with Gasteiger partial charge in [-0.3, -0.25) is 4.90 Å². The lowest BCUT2D eigenvalue weighted by atomic mass is 10.1. The fourth-order valence-electron chi connectivity index (χ4n) is 2.46. The Kier molecular flexibility index (Phi) is 6.59. The van der Waals surface area contributed by atoms with Gasteiger partial charge in [0.2, 0.25) is 0 Å². The summed E-state index contributed by atoms with van der Waals surface area (Å²) < 4.78 is 0. The number of carboxylic acid groups (broad SMARTS) is 1. The minimum absolute atomic E-state index is 0.126. The van der Waals surface area contributed by atoms with Crippen LogP contribution in [0.25, 0.3) is 0 Å². The lowest BCUT2D eigenvalue weighted by Gasteiger charge is -2.22. The SMILES string of the molecule is O=C(O)c1cccc(CN(CCCO)Cc2cccc(Cl)c2)c1. The van der Waals surface area contributed by atoms with Crippen molar-refractivity contribution in [3.63, 3.8) is 0 Å². The molecule has 0 heterocycles. The van der Waals surface area contributed by atoms with Gasteiger partial charge < -0.3 is 10.2 Å². The summed E-state index contributed by atoms with van der Waals surface area (Å²) in [6, 6.07) is 14.6. The first kappa shape index (κ1) is 17.5. The average Bonchev–Trinajstić information content (AvgIpc) is 2.53. The number of nitrogens with zero attached hydrogens (tertiary/aromatic N) is 1. The van der Waals surface area contributed by atoms with Crippen molar-refractivity contribution in [2.75, 3.05) is 13.2 Å². The molecule has 2 N–H and O–H groups in total. The van der Waals surface area contributed by atoms with Gasteiger partial charge in [0.15, 0.2) is 0 Å². The molecular formula is C18H20ClNO3. The van der Waals surface area contributed by atoms with E-state index in [1.807, 2.05) is 30.3 Å². The van der Waals surface area contributed by atoms with Gasteiger partial charge >= 0.3 is 5.97 Å². The van der Waals surface area contributed by atoms with Crippen molar-refractivity contribution in [2.45, 2.75) is 19.5 Å². The van der Waals surface area contributed by atoms with Crippen LogP contribution in [0.3, 0.4) is 0 Å². The van der Waals surface area contributed by atoms with Gasteiger partial charge in [-0.25, -0.2) is 4.79 Å². The van der Waals surface area contributed by atoms with Crippen molar-refractivity contribution >= 4 is 17.6 Å². The molecular weight excluding hydrogens is 314 g/mol. The van der Waals surface area contributed by atoms with Crippen LogP contribution >= 0.6 is 11.6 Å². The van der Waals surface area contributed by atoms with Crippen molar-refractivity contribution in [3.05, 3.63) is 70.2 Å². The van der Waals surface area contributed by atoms with Crippen molar-refractivity contribution < 1.29 is 15.0 Å². The van der Waals surface area contributed by atoms with Crippen molar-refractivity contribution in [3.8, 4) is 0 Å². The van der Waals surface area contributed by atoms with Crippen LogP contribution in [0.5, 0.6) is 0 Å². The lowest BCUT2D eigenvalue weighted by molar-refractivity contribution is 0.0696. The van der Waals surface area contributed by atoms with E-state index in [4.69, 9.17) is 21.8 Å². The van der Waals surface area contributed by atoms with E-state index in [9.17, 15) is 4.79 Å². The van der Waals surface area contributed by atoms with Gasteiger partial charge in [0.25, 0.3) is 0 Å². The largest absolute Gasteiger partial charge is 0.478 e. The number of aromatic carboxylic acids is 1. The fourth-order valence-corrected chi connectivity index (χ4v) is 2.68. The normalized spacial score (nSPS) is 10.9. The summed E-state index contributed by atoms with van der Waals surface area (Å²) in [5.74, 6) is -0.927. The summed E-state index contributed by atoms with van der Waals surface area (Å²) in [5, 5.41) is 18.9. The van der Waals surface area contributed by atoms with E-state index >= 15 is 0 Å². The molecule has 0 aromatic heterocycles. The van der Waals surface area contributed by atoms with Crippen LogP contribution in [-0.2, 0) is 13.1 Å². The number of hydrogen-bond donors (Lipinski definition) is 2. The highest BCUT2D eigenvalue weighted by molar-refractivity contribution is 6.30. The summed E-state index contributed by atoms with van der Waals surface area (Å²) in [6.07, 6.45) is 0.666. The molecule has 2 aromatic rings. The van der Waals surface area contributed by atoms with Gasteiger partial charge in [-0.15, -0.1) is 0 Å². The molecule has 0 spiro atoms. The molecule has 0 amide bonds. The second-order valence-corrected chi connectivity index (χ2v) is 5.86. The van der Waals surface area contributed by atoms with Crippen molar-refractivity contribution in [1.29, 1.82) is 0 Å². The zero-order valence-electron chi connectivity index (χ0n) is 12.8. The van der Waals surface area contributed by atoms with E-state index in [0.29, 0.717) is 24.5 Å². The zero-order chi connectivity index (χ0) is 16.7. The smallest absolute Gasteiger partial charge is 0.335 e. The predicted molar refractivity (Wildman–Crippen MR) is 90.7 cm³/mol. The molecule has 0 aliphatic heterocycles. The van der Waals surface area contributed by atoms with Crippen LogP contribution in [0.2, 0.25) is 5.02 Å². The number of aliphatic hydroxyl groups excluding tert-OH is 1. The van der Waals surface area contributed by atoms with E-state index in [-0.39, 0.29) is 12.2 Å². The van der Waals surface area contributed by atoms with Crippen LogP contribution in [0.15, 0.2) is 48.5 Å². The molecule has 2 aromatic carbocycles. The van der Waals surface area contributed by atoms with Gasteiger partial charge in [0.1, 0.15) is 0 Å². The van der Waals surface area contributed by atoms with Gasteiger partial charge in [0, 0.05) is 31.3 Å². The Balaban J connectivity index is 2.11. The van der Waals surface area contributed by atoms with Gasteiger partial charge in [-0.1, -0.05) is 35.9 Å². The fraction of sp³-hybridized carbons (Fsp3) is 0.278. The van der Waals surface area contributed by atoms with Crippen molar-refractivity contribution in [2.24, 2.45) is 0 Å². The molecule has 0 unspecified atom stereocenters. The summed E-state index contributed by atoms with van der Waals surface area (Å²) in [5.41, 5.74) is 2.31. The number of rotatable bonds is 8. The molecule has 23 heavy (non-hydrogen) atoms. The highest BCUT2D eigenvalue weighted by Gasteiger charge is 2.09. The second-order valence-electron chi connectivity index (χ2n) is 5.42. The molecule has 2 rings (SSSR count). The first-order chi connectivity index (χ1) is 11.1. The molecule has 4 nitrogen and oxygen atoms in total. The minimum Gasteiger partial charge on any atom is -0.478 e. The molecule has 122 valence electrons. The van der Waals surface area contributed by atoms with Crippen LogP contribution in [-0.4, -0.2) is 34.2 Å². The third-order valence-corrected chi connectivity index (χ3v) is 3.74. The molecule has 0 radical (unpaired) electrons. The van der Waals surface area contributed by atoms with Gasteiger partial charge in [0.05, 0.1) is 5.56 Å². The van der Waals surface area contributed by atoms with Crippen LogP contribution < -0.4 is 0 Å². The molecule has 5 heteroatoms. The molecule has 0 saturated heterocycles. The van der Waals surface area contributed by atoms with Crippen molar-refractivity contribution in [1.82, 2.24) is 4.90 Å². The summed E-state index contributed by atoms with van der Waals surface area (Å²) >= 11 is 6.02. The molecule has 0 aliphatic carbocycles. The third kappa shape index (κ3) is 5.67. The van der Waals surface area contributed by atoms with Crippen LogP contribution in [0, 0.1) is 0 Å². The van der Waals surface area contributed by atoms with Gasteiger partial charge in [-0.05, 0) is 41.8 Å². The summed E-state index contributed by atoms with van der Waals surface area (Å²) in [7, 11) is 0. The Hall–Kier alpha value is -1.88. The Morgan fingerprint density at radius 2 is 1.70 bits per heavy atom. The molecule has 0 bridgehead atoms. The summed E-state index contributed by atoms with van der Waals surface area (Å²) in [6.45, 7) is 2.16. The number of hydrogen-bond acceptors (Lipinski definition) is 3. The van der Waals surface area contributed by atoms with Crippen LogP contribution in [0.1, 0.15) is 27.9 Å². The predicted octanol–water partition coefficient (Wildman–Crippen LogP) is 3.42. The van der Waals surface area contributed by atoms with E-state index in [1.54, 1.807) is 18.2 Å². The number of aliphatic hydroxyl groups is 1. The highest BCUT2D eigenvalue weighted by atomic mass is 35.5. The second kappa shape index (κ2) is 8.67. The Morgan fingerprint density at radius 1 is 1.04 bits per heavy atom. The monoisotopic (exact) mass is 333 g/mol. The zero-order valence-corrected chi connectivity index (χ0v) is 13.5. The first-order valence-electron chi connectivity index (χ1n) is 7.48. The highest BCUT2D eigenvalue weighted by Crippen LogP contribution is 2.15. The maximum Gasteiger partial charge on any atom is 0.335 e. The minimum atomic E-state index is -0.927. The standard InChI is InChI=1S/C18H20ClNO3/c19-17-7-2-5-15(11-17)13-20(8-3-9-21)12-14-4-1-6-16(10-14)18(22)23/h1-2,4-7,10-11,21H,3,8-9,12-13H2,(H,22,23). The molecule has 0 aliphatic rings. The van der Waals surface area contributed by atoms with E-state index < -0.39 is 5.97 Å². The van der Waals surface area contributed by atoms with Crippen LogP contribution in [0.4, 0.5) is 0 Å². The van der Waals surface area contributed by atoms with Gasteiger partial charge in [-0.2, -0.15) is 0 Å². The molecule has 0 atom stereocenters. The Labute approximate surface area is 140 Å². The molecule has 0 saturated carbocycles. The number of benzene rings is 2. The van der Waals surface area contributed by atoms with E-state index in [2.05, 4.69) is 4.90 Å². The van der Waals surface area contributed by atoms with E-state index in [1.165, 1.54) is 0 Å². The number of carbonyl (C=O) groups is 1. The number of carboxylic acids is 1.